The van der Waals surface area contributed by atoms with Crippen molar-refractivity contribution in [3.05, 3.63) is 23.8 Å². The first-order chi connectivity index (χ1) is 9.76. The molecule has 0 saturated heterocycles. The number of hydrogen-bond acceptors (Lipinski definition) is 5. The van der Waals surface area contributed by atoms with E-state index in [0.29, 0.717) is 11.5 Å². The molecule has 1 amide bonds. The van der Waals surface area contributed by atoms with E-state index in [0.717, 1.165) is 12.5 Å². The van der Waals surface area contributed by atoms with E-state index in [1.165, 1.54) is 0 Å². The number of benzene rings is 1. The highest BCUT2D eigenvalue weighted by molar-refractivity contribution is 5.80. The number of nitrogens with one attached hydrogen (secondary N) is 1. The van der Waals surface area contributed by atoms with Crippen LogP contribution in [0.5, 0.6) is 11.5 Å². The molecule has 0 aliphatic heterocycles. The Bertz CT molecular complexity index is 526. The fourth-order valence-electron chi connectivity index (χ4n) is 1.49. The number of carbonyl (C=O) groups excluding carboxylic acids is 1. The number of ether oxygens (including phenoxy) is 2. The molecule has 7 nitrogen and oxygen atoms in total. The average Bonchev–Trinajstić information content (AvgIpc) is 2.43. The van der Waals surface area contributed by atoms with Gasteiger partial charge in [0.25, 0.3) is 5.91 Å². The molecular weight excluding hydrogens is 278 g/mol. The summed E-state index contributed by atoms with van der Waals surface area (Å²) >= 11 is 0. The number of methoxy groups -OCH3 is 1. The molecule has 7 heteroatoms. The summed E-state index contributed by atoms with van der Waals surface area (Å²) in [4.78, 5) is 22.2. The van der Waals surface area contributed by atoms with Gasteiger partial charge in [-0.2, -0.15) is 0 Å². The Morgan fingerprint density at radius 1 is 1.38 bits per heavy atom. The van der Waals surface area contributed by atoms with Gasteiger partial charge in [0.1, 0.15) is 11.5 Å². The lowest BCUT2D eigenvalue weighted by Gasteiger charge is -2.18. The van der Waals surface area contributed by atoms with Crippen LogP contribution in [0.2, 0.25) is 0 Å². The Kier molecular flexibility index (Phi) is 5.54. The number of rotatable bonds is 7. The van der Waals surface area contributed by atoms with Crippen LogP contribution in [0.25, 0.3) is 0 Å². The van der Waals surface area contributed by atoms with Gasteiger partial charge in [0.15, 0.2) is 12.2 Å². The molecule has 1 unspecified atom stereocenters. The van der Waals surface area contributed by atoms with Crippen LogP contribution in [0.4, 0.5) is 0 Å². The van der Waals surface area contributed by atoms with E-state index in [2.05, 4.69) is 5.32 Å². The van der Waals surface area contributed by atoms with Gasteiger partial charge < -0.3 is 25.0 Å². The van der Waals surface area contributed by atoms with Crippen LogP contribution in [0.1, 0.15) is 12.5 Å². The number of carboxylic acid groups (broad SMARTS) is 1. The molecule has 0 aliphatic rings. The Labute approximate surface area is 122 Å². The van der Waals surface area contributed by atoms with Crippen LogP contribution >= 0.6 is 0 Å². The summed E-state index contributed by atoms with van der Waals surface area (Å²) in [6, 6.07) is 5.10. The fraction of sp³-hybridized carbons (Fsp3) is 0.429. The highest BCUT2D eigenvalue weighted by Gasteiger charge is 2.30. The summed E-state index contributed by atoms with van der Waals surface area (Å²) in [5.41, 5.74) is -1.14. The number of amides is 1. The average molecular weight is 297 g/mol. The van der Waals surface area contributed by atoms with Crippen LogP contribution in [0.15, 0.2) is 18.2 Å². The molecule has 0 radical (unpaired) electrons. The maximum atomic E-state index is 11.5. The molecule has 1 rings (SSSR count). The molecule has 3 N–H and O–H groups in total. The van der Waals surface area contributed by atoms with Gasteiger partial charge in [-0.25, -0.2) is 4.79 Å². The second-order valence-corrected chi connectivity index (χ2v) is 4.78. The molecule has 0 saturated carbocycles. The molecular formula is C14H19NO6. The van der Waals surface area contributed by atoms with Crippen molar-refractivity contribution in [1.29, 1.82) is 0 Å². The van der Waals surface area contributed by atoms with Gasteiger partial charge in [0, 0.05) is 0 Å². The van der Waals surface area contributed by atoms with Crippen LogP contribution in [0.3, 0.4) is 0 Å². The normalized spacial score (nSPS) is 13.1. The second kappa shape index (κ2) is 6.94. The number of aryl methyl sites for hydroxylation is 1. The van der Waals surface area contributed by atoms with E-state index in [1.54, 1.807) is 25.3 Å². The van der Waals surface area contributed by atoms with E-state index in [1.807, 2.05) is 6.92 Å². The number of aliphatic hydroxyl groups is 1. The van der Waals surface area contributed by atoms with Gasteiger partial charge in [0.2, 0.25) is 0 Å². The predicted octanol–water partition coefficient (Wildman–Crippen LogP) is 0.334. The number of carboxylic acids is 1. The highest BCUT2D eigenvalue weighted by atomic mass is 16.5. The monoisotopic (exact) mass is 297 g/mol. The number of carbonyl (C=O) groups is 2. The van der Waals surface area contributed by atoms with E-state index in [-0.39, 0.29) is 6.61 Å². The topological polar surface area (TPSA) is 105 Å². The molecule has 116 valence electrons. The minimum absolute atomic E-state index is 0.276. The Balaban J connectivity index is 2.47. The molecule has 0 aliphatic carbocycles. The minimum Gasteiger partial charge on any atom is -0.496 e. The Hall–Kier alpha value is -2.28. The van der Waals surface area contributed by atoms with Gasteiger partial charge in [0.05, 0.1) is 13.7 Å². The summed E-state index contributed by atoms with van der Waals surface area (Å²) in [5.74, 6) is -0.725. The van der Waals surface area contributed by atoms with Crippen molar-refractivity contribution in [3.63, 3.8) is 0 Å². The summed E-state index contributed by atoms with van der Waals surface area (Å²) < 4.78 is 10.4. The van der Waals surface area contributed by atoms with Gasteiger partial charge >= 0.3 is 5.97 Å². The molecule has 0 spiro atoms. The van der Waals surface area contributed by atoms with Crippen molar-refractivity contribution in [3.8, 4) is 11.5 Å². The SMILES string of the molecule is COc1ccc(OCC(=O)NCC(C)(O)C(=O)O)cc1C. The predicted molar refractivity (Wildman–Crippen MR) is 74.5 cm³/mol. The first kappa shape index (κ1) is 16.8. The van der Waals surface area contributed by atoms with Crippen molar-refractivity contribution in [2.75, 3.05) is 20.3 Å². The Morgan fingerprint density at radius 3 is 2.57 bits per heavy atom. The van der Waals surface area contributed by atoms with Gasteiger partial charge in [-0.1, -0.05) is 0 Å². The molecule has 1 atom stereocenters. The van der Waals surface area contributed by atoms with Crippen LogP contribution in [-0.2, 0) is 9.59 Å². The zero-order valence-electron chi connectivity index (χ0n) is 12.2. The zero-order chi connectivity index (χ0) is 16.0. The van der Waals surface area contributed by atoms with Crippen molar-refractivity contribution >= 4 is 11.9 Å². The quantitative estimate of drug-likeness (QED) is 0.670. The third kappa shape index (κ3) is 4.96. The standard InChI is InChI=1S/C14H19NO6/c1-9-6-10(4-5-11(9)20-3)21-7-12(16)15-8-14(2,19)13(17)18/h4-6,19H,7-8H2,1-3H3,(H,15,16)(H,17,18). The van der Waals surface area contributed by atoms with Crippen molar-refractivity contribution < 1.29 is 29.3 Å². The first-order valence-corrected chi connectivity index (χ1v) is 6.26. The van der Waals surface area contributed by atoms with Crippen molar-refractivity contribution in [2.45, 2.75) is 19.4 Å². The van der Waals surface area contributed by atoms with Gasteiger partial charge in [-0.15, -0.1) is 0 Å². The largest absolute Gasteiger partial charge is 0.496 e. The minimum atomic E-state index is -2.01. The third-order valence-electron chi connectivity index (χ3n) is 2.83. The van der Waals surface area contributed by atoms with Crippen LogP contribution in [0, 0.1) is 6.92 Å². The van der Waals surface area contributed by atoms with E-state index in [9.17, 15) is 14.7 Å². The van der Waals surface area contributed by atoms with Crippen molar-refractivity contribution in [2.24, 2.45) is 0 Å². The fourth-order valence-corrected chi connectivity index (χ4v) is 1.49. The van der Waals surface area contributed by atoms with E-state index in [4.69, 9.17) is 14.6 Å². The number of aliphatic carboxylic acids is 1. The lowest BCUT2D eigenvalue weighted by Crippen LogP contribution is -2.47. The van der Waals surface area contributed by atoms with Gasteiger partial charge in [-0.05, 0) is 37.6 Å². The molecule has 0 fully saturated rings. The smallest absolute Gasteiger partial charge is 0.337 e. The van der Waals surface area contributed by atoms with E-state index >= 15 is 0 Å². The molecule has 1 aromatic carbocycles. The summed E-state index contributed by atoms with van der Waals surface area (Å²) in [7, 11) is 1.56. The van der Waals surface area contributed by atoms with Crippen molar-refractivity contribution in [1.82, 2.24) is 5.32 Å². The first-order valence-electron chi connectivity index (χ1n) is 6.26. The number of hydrogen-bond donors (Lipinski definition) is 3. The molecule has 1 aromatic rings. The zero-order valence-corrected chi connectivity index (χ0v) is 12.2. The highest BCUT2D eigenvalue weighted by Crippen LogP contribution is 2.22. The maximum Gasteiger partial charge on any atom is 0.337 e. The van der Waals surface area contributed by atoms with Crippen LogP contribution < -0.4 is 14.8 Å². The molecule has 21 heavy (non-hydrogen) atoms. The van der Waals surface area contributed by atoms with E-state index < -0.39 is 24.0 Å². The molecule has 0 bridgehead atoms. The van der Waals surface area contributed by atoms with Crippen LogP contribution in [-0.4, -0.2) is 48.0 Å². The van der Waals surface area contributed by atoms with Gasteiger partial charge in [-0.3, -0.25) is 4.79 Å². The lowest BCUT2D eigenvalue weighted by molar-refractivity contribution is -0.156. The second-order valence-electron chi connectivity index (χ2n) is 4.78. The molecule has 0 heterocycles. The maximum absolute atomic E-state index is 11.5. The summed E-state index contributed by atoms with van der Waals surface area (Å²) in [5, 5.41) is 20.4. The summed E-state index contributed by atoms with van der Waals surface area (Å²) in [6.45, 7) is 2.27. The lowest BCUT2D eigenvalue weighted by atomic mass is 10.1. The molecule has 0 aromatic heterocycles. The summed E-state index contributed by atoms with van der Waals surface area (Å²) in [6.07, 6.45) is 0. The Morgan fingerprint density at radius 2 is 2.05 bits per heavy atom. The third-order valence-corrected chi connectivity index (χ3v) is 2.83.